The number of hydrogen-bond acceptors (Lipinski definition) is 7. The number of hydrogen-bond donors (Lipinski definition) is 1. The van der Waals surface area contributed by atoms with Crippen molar-refractivity contribution in [3.63, 3.8) is 0 Å². The predicted molar refractivity (Wildman–Crippen MR) is 135 cm³/mol. The highest BCUT2D eigenvalue weighted by Crippen LogP contribution is 2.25. The van der Waals surface area contributed by atoms with Crippen molar-refractivity contribution in [3.8, 4) is 28.4 Å². The van der Waals surface area contributed by atoms with Crippen LogP contribution < -0.4 is 16.0 Å². The molecule has 0 fully saturated rings. The topological polar surface area (TPSA) is 121 Å². The van der Waals surface area contributed by atoms with E-state index in [0.29, 0.717) is 48.0 Å². The molecule has 0 aliphatic rings. The van der Waals surface area contributed by atoms with Crippen LogP contribution in [0.4, 0.5) is 0 Å². The minimum absolute atomic E-state index is 0.129. The Morgan fingerprint density at radius 2 is 1.67 bits per heavy atom. The van der Waals surface area contributed by atoms with E-state index in [4.69, 9.17) is 9.26 Å². The number of nitrogens with one attached hydrogen (secondary N) is 1. The summed E-state index contributed by atoms with van der Waals surface area (Å²) < 4.78 is 14.1. The number of fused-ring (bicyclic) bond motifs is 1. The second kappa shape index (κ2) is 10.0. The maximum atomic E-state index is 13.0. The highest BCUT2D eigenvalue weighted by molar-refractivity contribution is 5.82. The zero-order valence-electron chi connectivity index (χ0n) is 20.1. The first-order valence-electron chi connectivity index (χ1n) is 11.9. The Labute approximate surface area is 206 Å². The molecule has 5 rings (SSSR count). The normalized spacial score (nSPS) is 11.3. The van der Waals surface area contributed by atoms with E-state index in [1.807, 2.05) is 44.2 Å². The predicted octanol–water partition coefficient (Wildman–Crippen LogP) is 4.00. The minimum Gasteiger partial charge on any atom is -0.484 e. The van der Waals surface area contributed by atoms with Crippen molar-refractivity contribution in [2.45, 2.75) is 46.4 Å². The number of H-pyrrole nitrogens is 1. The van der Waals surface area contributed by atoms with Crippen LogP contribution in [0.2, 0.25) is 0 Å². The highest BCUT2D eigenvalue weighted by Gasteiger charge is 2.16. The number of benzene rings is 1. The summed E-state index contributed by atoms with van der Waals surface area (Å²) in [5.74, 6) is 1.47. The smallest absolute Gasteiger partial charge is 0.331 e. The number of aromatic nitrogens is 6. The number of ether oxygens (including phenoxy) is 1. The quantitative estimate of drug-likeness (QED) is 0.334. The van der Waals surface area contributed by atoms with Crippen LogP contribution in [-0.4, -0.2) is 29.2 Å². The molecule has 10 heteroatoms. The lowest BCUT2D eigenvalue weighted by Crippen LogP contribution is -2.39. The van der Waals surface area contributed by atoms with Gasteiger partial charge in [-0.05, 0) is 60.9 Å². The molecule has 0 aliphatic heterocycles. The molecule has 0 saturated carbocycles. The molecule has 1 N–H and O–H groups in total. The van der Waals surface area contributed by atoms with Crippen LogP contribution >= 0.6 is 0 Å². The summed E-state index contributed by atoms with van der Waals surface area (Å²) in [5.41, 5.74) is 2.94. The Morgan fingerprint density at radius 3 is 2.39 bits per heavy atom. The third-order valence-electron chi connectivity index (χ3n) is 5.84. The number of aryl methyl sites for hydroxylation is 1. The Hall–Kier alpha value is -4.47. The molecule has 0 radical (unpaired) electrons. The average molecular weight is 487 g/mol. The molecule has 10 nitrogen and oxygen atoms in total. The van der Waals surface area contributed by atoms with Gasteiger partial charge in [-0.15, -0.1) is 0 Å². The molecule has 4 aromatic heterocycles. The van der Waals surface area contributed by atoms with Crippen molar-refractivity contribution in [2.75, 3.05) is 0 Å². The van der Waals surface area contributed by atoms with E-state index in [0.717, 1.165) is 23.2 Å². The van der Waals surface area contributed by atoms with E-state index < -0.39 is 0 Å². The molecule has 1 aromatic carbocycles. The van der Waals surface area contributed by atoms with Gasteiger partial charge in [0.1, 0.15) is 11.3 Å². The summed E-state index contributed by atoms with van der Waals surface area (Å²) in [6.45, 7) is 5.02. The fraction of sp³-hybridized carbons (Fsp3) is 0.269. The molecule has 0 aliphatic carbocycles. The zero-order chi connectivity index (χ0) is 25.1. The van der Waals surface area contributed by atoms with E-state index in [9.17, 15) is 9.59 Å². The van der Waals surface area contributed by atoms with E-state index in [1.165, 1.54) is 4.57 Å². The van der Waals surface area contributed by atoms with Crippen molar-refractivity contribution in [3.05, 3.63) is 81.6 Å². The van der Waals surface area contributed by atoms with Crippen LogP contribution in [0.25, 0.3) is 33.7 Å². The maximum Gasteiger partial charge on any atom is 0.331 e. The van der Waals surface area contributed by atoms with E-state index >= 15 is 0 Å². The Bertz CT molecular complexity index is 1600. The number of aromatic amines is 1. The number of rotatable bonds is 9. The van der Waals surface area contributed by atoms with Crippen LogP contribution in [0.15, 0.2) is 69.0 Å². The summed E-state index contributed by atoms with van der Waals surface area (Å²) in [4.78, 5) is 37.5. The second-order valence-corrected chi connectivity index (χ2v) is 8.39. The van der Waals surface area contributed by atoms with Crippen LogP contribution in [0.5, 0.6) is 5.75 Å². The lowest BCUT2D eigenvalue weighted by atomic mass is 10.1. The molecule has 0 unspecified atom stereocenters. The molecular formula is C26H26N6O4. The van der Waals surface area contributed by atoms with Crippen LogP contribution in [0.3, 0.4) is 0 Å². The van der Waals surface area contributed by atoms with Gasteiger partial charge in [-0.1, -0.05) is 19.0 Å². The number of pyridine rings is 1. The van der Waals surface area contributed by atoms with Crippen LogP contribution in [0, 0.1) is 0 Å². The lowest BCUT2D eigenvalue weighted by Gasteiger charge is -2.10. The SMILES string of the molecule is CCCn1c(=O)c2[nH]c(-c3ccc(OCc4nc(-c5ccncc5)no4)cc3)cc2n(CCC)c1=O. The monoisotopic (exact) mass is 486 g/mol. The molecule has 0 spiro atoms. The molecule has 0 atom stereocenters. The summed E-state index contributed by atoms with van der Waals surface area (Å²) in [5, 5.41) is 3.97. The van der Waals surface area contributed by atoms with Gasteiger partial charge in [-0.25, -0.2) is 4.79 Å². The van der Waals surface area contributed by atoms with Gasteiger partial charge >= 0.3 is 5.69 Å². The summed E-state index contributed by atoms with van der Waals surface area (Å²) in [6.07, 6.45) is 4.83. The van der Waals surface area contributed by atoms with Gasteiger partial charge < -0.3 is 14.2 Å². The molecule has 0 amide bonds. The summed E-state index contributed by atoms with van der Waals surface area (Å²) in [6, 6.07) is 12.9. The first-order chi connectivity index (χ1) is 17.6. The van der Waals surface area contributed by atoms with Crippen molar-refractivity contribution in [1.82, 2.24) is 29.2 Å². The molecular weight excluding hydrogens is 460 g/mol. The third-order valence-corrected chi connectivity index (χ3v) is 5.84. The third kappa shape index (κ3) is 4.45. The molecule has 5 aromatic rings. The highest BCUT2D eigenvalue weighted by atomic mass is 16.5. The molecule has 0 saturated heterocycles. The van der Waals surface area contributed by atoms with Crippen molar-refractivity contribution < 1.29 is 9.26 Å². The Balaban J connectivity index is 1.36. The molecule has 4 heterocycles. The standard InChI is InChI=1S/C26H26N6O4/c1-3-13-31-21-15-20(28-23(21)25(33)32(14-4-2)26(31)34)17-5-7-19(8-6-17)35-16-22-29-24(30-36-22)18-9-11-27-12-10-18/h5-12,15,28H,3-4,13-14,16H2,1-2H3. The first-order valence-corrected chi connectivity index (χ1v) is 11.9. The van der Waals surface area contributed by atoms with Gasteiger partial charge in [-0.2, -0.15) is 4.98 Å². The van der Waals surface area contributed by atoms with Crippen LogP contribution in [0.1, 0.15) is 32.6 Å². The van der Waals surface area contributed by atoms with Gasteiger partial charge in [0, 0.05) is 36.7 Å². The van der Waals surface area contributed by atoms with Crippen molar-refractivity contribution in [1.29, 1.82) is 0 Å². The fourth-order valence-electron chi connectivity index (χ4n) is 4.11. The van der Waals surface area contributed by atoms with Gasteiger partial charge in [0.05, 0.1) is 5.52 Å². The van der Waals surface area contributed by atoms with Gasteiger partial charge in [0.15, 0.2) is 6.61 Å². The number of nitrogens with zero attached hydrogens (tertiary/aromatic N) is 5. The van der Waals surface area contributed by atoms with E-state index in [-0.39, 0.29) is 17.9 Å². The molecule has 0 bridgehead atoms. The fourth-order valence-corrected chi connectivity index (χ4v) is 4.11. The van der Waals surface area contributed by atoms with Crippen molar-refractivity contribution >= 4 is 11.0 Å². The van der Waals surface area contributed by atoms with E-state index in [2.05, 4.69) is 20.1 Å². The molecule has 36 heavy (non-hydrogen) atoms. The van der Waals surface area contributed by atoms with E-state index in [1.54, 1.807) is 29.1 Å². The average Bonchev–Trinajstić information content (AvgIpc) is 3.57. The maximum absolute atomic E-state index is 13.0. The summed E-state index contributed by atoms with van der Waals surface area (Å²) in [7, 11) is 0. The van der Waals surface area contributed by atoms with Crippen molar-refractivity contribution in [2.24, 2.45) is 0 Å². The minimum atomic E-state index is -0.291. The second-order valence-electron chi connectivity index (χ2n) is 8.39. The summed E-state index contributed by atoms with van der Waals surface area (Å²) >= 11 is 0. The van der Waals surface area contributed by atoms with Gasteiger partial charge in [0.2, 0.25) is 5.82 Å². The first kappa shape index (κ1) is 23.3. The van der Waals surface area contributed by atoms with Gasteiger partial charge in [0.25, 0.3) is 11.4 Å². The largest absolute Gasteiger partial charge is 0.484 e. The van der Waals surface area contributed by atoms with Gasteiger partial charge in [-0.3, -0.25) is 18.9 Å². The van der Waals surface area contributed by atoms with Crippen LogP contribution in [-0.2, 0) is 19.7 Å². The molecule has 184 valence electrons. The zero-order valence-corrected chi connectivity index (χ0v) is 20.1. The Morgan fingerprint density at radius 1 is 0.944 bits per heavy atom. The lowest BCUT2D eigenvalue weighted by molar-refractivity contribution is 0.243. The Kier molecular flexibility index (Phi) is 6.48.